The lowest BCUT2D eigenvalue weighted by molar-refractivity contribution is 0.296. The van der Waals surface area contributed by atoms with Crippen LogP contribution in [0.3, 0.4) is 0 Å². The molecule has 1 fully saturated rings. The molecular formula is C15H24N2S. The molecule has 2 nitrogen and oxygen atoms in total. The third-order valence-corrected chi connectivity index (χ3v) is 4.28. The molecule has 2 rings (SSSR count). The molecule has 3 heteroatoms. The van der Waals surface area contributed by atoms with Gasteiger partial charge >= 0.3 is 0 Å². The van der Waals surface area contributed by atoms with Crippen LogP contribution >= 0.6 is 11.8 Å². The summed E-state index contributed by atoms with van der Waals surface area (Å²) in [7, 11) is 0. The van der Waals surface area contributed by atoms with E-state index >= 15 is 0 Å². The third-order valence-electron chi connectivity index (χ3n) is 3.38. The van der Waals surface area contributed by atoms with Gasteiger partial charge in [-0.05, 0) is 49.4 Å². The first-order valence-electron chi connectivity index (χ1n) is 7.03. The summed E-state index contributed by atoms with van der Waals surface area (Å²) in [5, 5.41) is 3.45. The third kappa shape index (κ3) is 4.63. The van der Waals surface area contributed by atoms with Crippen molar-refractivity contribution >= 4 is 11.8 Å². The van der Waals surface area contributed by atoms with Crippen molar-refractivity contribution in [3.05, 3.63) is 29.8 Å². The molecule has 1 aliphatic rings. The summed E-state index contributed by atoms with van der Waals surface area (Å²) in [6.07, 6.45) is 2.46. The molecule has 1 saturated heterocycles. The molecule has 1 aromatic carbocycles. The molecule has 0 unspecified atom stereocenters. The van der Waals surface area contributed by atoms with Gasteiger partial charge in [0.1, 0.15) is 0 Å². The highest BCUT2D eigenvalue weighted by molar-refractivity contribution is 7.99. The minimum absolute atomic E-state index is 1.14. The minimum atomic E-state index is 1.14. The molecule has 0 aliphatic carbocycles. The monoisotopic (exact) mass is 264 g/mol. The van der Waals surface area contributed by atoms with E-state index in [2.05, 4.69) is 41.4 Å². The van der Waals surface area contributed by atoms with Crippen LogP contribution in [0.15, 0.2) is 29.2 Å². The van der Waals surface area contributed by atoms with Crippen LogP contribution in [0, 0.1) is 0 Å². The van der Waals surface area contributed by atoms with Gasteiger partial charge in [0.15, 0.2) is 0 Å². The Morgan fingerprint density at radius 3 is 2.78 bits per heavy atom. The number of nitrogens with one attached hydrogen (secondary N) is 1. The molecule has 0 amide bonds. The molecule has 0 aromatic heterocycles. The second-order valence-corrected chi connectivity index (χ2v) is 6.11. The van der Waals surface area contributed by atoms with Crippen molar-refractivity contribution in [3.8, 4) is 0 Å². The van der Waals surface area contributed by atoms with E-state index in [4.69, 9.17) is 0 Å². The zero-order valence-electron chi connectivity index (χ0n) is 11.3. The van der Waals surface area contributed by atoms with E-state index in [0.717, 1.165) is 12.3 Å². The van der Waals surface area contributed by atoms with Gasteiger partial charge < -0.3 is 10.2 Å². The molecule has 0 saturated carbocycles. The van der Waals surface area contributed by atoms with E-state index in [9.17, 15) is 0 Å². The predicted molar refractivity (Wildman–Crippen MR) is 80.5 cm³/mol. The maximum Gasteiger partial charge on any atom is 0.0107 e. The first-order chi connectivity index (χ1) is 8.88. The van der Waals surface area contributed by atoms with E-state index < -0.39 is 0 Å². The smallest absolute Gasteiger partial charge is 0.0107 e. The standard InChI is InChI=1S/C15H24N2S/c1-2-18-15-6-4-14(5-7-15)8-12-17-11-3-9-16-10-13-17/h4-7,16H,2-3,8-13H2,1H3. The molecule has 0 bridgehead atoms. The van der Waals surface area contributed by atoms with Gasteiger partial charge in [-0.1, -0.05) is 19.1 Å². The number of hydrogen-bond acceptors (Lipinski definition) is 3. The zero-order chi connectivity index (χ0) is 12.6. The van der Waals surface area contributed by atoms with Crippen LogP contribution in [0.1, 0.15) is 18.9 Å². The van der Waals surface area contributed by atoms with Crippen molar-refractivity contribution in [2.45, 2.75) is 24.7 Å². The number of benzene rings is 1. The second-order valence-electron chi connectivity index (χ2n) is 4.77. The van der Waals surface area contributed by atoms with Crippen molar-refractivity contribution in [2.75, 3.05) is 38.5 Å². The number of thioether (sulfide) groups is 1. The SMILES string of the molecule is CCSc1ccc(CCN2CCCNCC2)cc1. The molecule has 1 N–H and O–H groups in total. The summed E-state index contributed by atoms with van der Waals surface area (Å²) in [5.74, 6) is 1.15. The van der Waals surface area contributed by atoms with Crippen LogP contribution < -0.4 is 5.32 Å². The topological polar surface area (TPSA) is 15.3 Å². The van der Waals surface area contributed by atoms with Crippen molar-refractivity contribution in [1.29, 1.82) is 0 Å². The first-order valence-corrected chi connectivity index (χ1v) is 8.02. The van der Waals surface area contributed by atoms with E-state index in [-0.39, 0.29) is 0 Å². The molecule has 1 aromatic rings. The fourth-order valence-corrected chi connectivity index (χ4v) is 2.99. The molecule has 100 valence electrons. The Balaban J connectivity index is 1.78. The lowest BCUT2D eigenvalue weighted by atomic mass is 10.1. The fraction of sp³-hybridized carbons (Fsp3) is 0.600. The second kappa shape index (κ2) is 7.82. The van der Waals surface area contributed by atoms with E-state index in [0.29, 0.717) is 0 Å². The number of hydrogen-bond donors (Lipinski definition) is 1. The fourth-order valence-electron chi connectivity index (χ4n) is 2.33. The summed E-state index contributed by atoms with van der Waals surface area (Å²) in [6, 6.07) is 9.09. The molecule has 1 aliphatic heterocycles. The minimum Gasteiger partial charge on any atom is -0.315 e. The van der Waals surface area contributed by atoms with Crippen molar-refractivity contribution < 1.29 is 0 Å². The van der Waals surface area contributed by atoms with Crippen LogP contribution in [0.4, 0.5) is 0 Å². The average Bonchev–Trinajstić information content (AvgIpc) is 2.67. The van der Waals surface area contributed by atoms with Crippen LogP contribution in [0.2, 0.25) is 0 Å². The molecule has 0 radical (unpaired) electrons. The predicted octanol–water partition coefficient (Wildman–Crippen LogP) is 2.64. The summed E-state index contributed by atoms with van der Waals surface area (Å²) in [6.45, 7) is 8.17. The summed E-state index contributed by atoms with van der Waals surface area (Å²) < 4.78 is 0. The Kier molecular flexibility index (Phi) is 6.05. The lowest BCUT2D eigenvalue weighted by Gasteiger charge is -2.19. The van der Waals surface area contributed by atoms with Crippen LogP contribution in [0.25, 0.3) is 0 Å². The molecule has 0 spiro atoms. The maximum atomic E-state index is 3.45. The van der Waals surface area contributed by atoms with Gasteiger partial charge in [0, 0.05) is 24.5 Å². The largest absolute Gasteiger partial charge is 0.315 e. The number of nitrogens with zero attached hydrogens (tertiary/aromatic N) is 1. The van der Waals surface area contributed by atoms with Crippen LogP contribution in [-0.4, -0.2) is 43.4 Å². The van der Waals surface area contributed by atoms with Crippen molar-refractivity contribution in [1.82, 2.24) is 10.2 Å². The van der Waals surface area contributed by atoms with Crippen molar-refractivity contribution in [3.63, 3.8) is 0 Å². The Morgan fingerprint density at radius 2 is 2.00 bits per heavy atom. The maximum absolute atomic E-state index is 3.45. The van der Waals surface area contributed by atoms with Crippen LogP contribution in [-0.2, 0) is 6.42 Å². The lowest BCUT2D eigenvalue weighted by Crippen LogP contribution is -2.30. The zero-order valence-corrected chi connectivity index (χ0v) is 12.1. The van der Waals surface area contributed by atoms with Gasteiger partial charge in [-0.2, -0.15) is 0 Å². The molecule has 1 heterocycles. The Bertz CT molecular complexity index is 329. The number of rotatable bonds is 5. The normalized spacial score (nSPS) is 17.6. The van der Waals surface area contributed by atoms with Gasteiger partial charge in [-0.3, -0.25) is 0 Å². The van der Waals surface area contributed by atoms with Crippen molar-refractivity contribution in [2.24, 2.45) is 0 Å². The highest BCUT2D eigenvalue weighted by atomic mass is 32.2. The van der Waals surface area contributed by atoms with E-state index in [1.54, 1.807) is 0 Å². The summed E-state index contributed by atoms with van der Waals surface area (Å²) in [4.78, 5) is 3.97. The Morgan fingerprint density at radius 1 is 1.17 bits per heavy atom. The van der Waals surface area contributed by atoms with E-state index in [1.165, 1.54) is 49.5 Å². The van der Waals surface area contributed by atoms with Gasteiger partial charge in [0.05, 0.1) is 0 Å². The highest BCUT2D eigenvalue weighted by Gasteiger charge is 2.07. The average molecular weight is 264 g/mol. The molecular weight excluding hydrogens is 240 g/mol. The van der Waals surface area contributed by atoms with E-state index in [1.807, 2.05) is 11.8 Å². The van der Waals surface area contributed by atoms with Gasteiger partial charge in [-0.25, -0.2) is 0 Å². The Hall–Kier alpha value is -0.510. The Labute approximate surface area is 115 Å². The van der Waals surface area contributed by atoms with Gasteiger partial charge in [0.2, 0.25) is 0 Å². The summed E-state index contributed by atoms with van der Waals surface area (Å²) >= 11 is 1.91. The van der Waals surface area contributed by atoms with Gasteiger partial charge in [0.25, 0.3) is 0 Å². The quantitative estimate of drug-likeness (QED) is 0.823. The molecule has 18 heavy (non-hydrogen) atoms. The molecule has 0 atom stereocenters. The first kappa shape index (κ1) is 13.9. The van der Waals surface area contributed by atoms with Gasteiger partial charge in [-0.15, -0.1) is 11.8 Å². The van der Waals surface area contributed by atoms with Crippen LogP contribution in [0.5, 0.6) is 0 Å². The highest BCUT2D eigenvalue weighted by Crippen LogP contribution is 2.18. The summed E-state index contributed by atoms with van der Waals surface area (Å²) in [5.41, 5.74) is 1.47.